The van der Waals surface area contributed by atoms with Gasteiger partial charge >= 0.3 is 0 Å². The summed E-state index contributed by atoms with van der Waals surface area (Å²) in [5.41, 5.74) is 0.803. The van der Waals surface area contributed by atoms with E-state index in [1.54, 1.807) is 0 Å². The van der Waals surface area contributed by atoms with Crippen LogP contribution in [0.5, 0.6) is 0 Å². The zero-order valence-electron chi connectivity index (χ0n) is 8.82. The normalized spacial score (nSPS) is 11.1. The van der Waals surface area contributed by atoms with Gasteiger partial charge in [-0.3, -0.25) is 0 Å². The fourth-order valence-corrected chi connectivity index (χ4v) is 3.29. The molecule has 0 aliphatic heterocycles. The first-order valence-electron chi connectivity index (χ1n) is 5.02. The third kappa shape index (κ3) is 2.14. The van der Waals surface area contributed by atoms with Gasteiger partial charge in [-0.1, -0.05) is 29.3 Å². The van der Waals surface area contributed by atoms with Gasteiger partial charge in [0.1, 0.15) is 5.15 Å². The molecule has 0 unspecified atom stereocenters. The van der Waals surface area contributed by atoms with Gasteiger partial charge in [0.05, 0.1) is 14.7 Å². The van der Waals surface area contributed by atoms with Gasteiger partial charge in [0.15, 0.2) is 5.82 Å². The molecule has 0 bridgehead atoms. The zero-order valence-corrected chi connectivity index (χ0v) is 12.7. The molecule has 0 aliphatic carbocycles. The second-order valence-corrected chi connectivity index (χ2v) is 6.51. The van der Waals surface area contributed by atoms with Crippen molar-refractivity contribution in [2.75, 3.05) is 0 Å². The molecule has 0 spiro atoms. The molecule has 0 radical (unpaired) electrons. The minimum Gasteiger partial charge on any atom is -0.226 e. The predicted octanol–water partition coefficient (Wildman–Crippen LogP) is 5.43. The maximum atomic E-state index is 6.19. The Bertz CT molecular complexity index is 742. The molecule has 0 atom stereocenters. The van der Waals surface area contributed by atoms with Crippen molar-refractivity contribution < 1.29 is 0 Å². The molecule has 3 rings (SSSR count). The predicted molar refractivity (Wildman–Crippen MR) is 80.6 cm³/mol. The van der Waals surface area contributed by atoms with Gasteiger partial charge in [-0.15, -0.1) is 11.3 Å². The number of thiophene rings is 1. The molecule has 0 amide bonds. The number of para-hydroxylation sites is 1. The Hall–Kier alpha value is -0.680. The summed E-state index contributed by atoms with van der Waals surface area (Å²) < 4.78 is 1.60. The Balaban J connectivity index is 2.29. The maximum absolute atomic E-state index is 6.19. The van der Waals surface area contributed by atoms with Crippen LogP contribution < -0.4 is 0 Å². The maximum Gasteiger partial charge on any atom is 0.171 e. The molecule has 1 aromatic carbocycles. The Morgan fingerprint density at radius 1 is 1.06 bits per heavy atom. The van der Waals surface area contributed by atoms with Crippen LogP contribution in [0.2, 0.25) is 9.49 Å². The highest BCUT2D eigenvalue weighted by atomic mass is 79.9. The molecule has 0 saturated carbocycles. The van der Waals surface area contributed by atoms with E-state index in [4.69, 9.17) is 23.2 Å². The van der Waals surface area contributed by atoms with Crippen molar-refractivity contribution in [1.29, 1.82) is 0 Å². The quantitative estimate of drug-likeness (QED) is 0.541. The van der Waals surface area contributed by atoms with Crippen LogP contribution >= 0.6 is 50.5 Å². The van der Waals surface area contributed by atoms with Crippen LogP contribution in [0.1, 0.15) is 0 Å². The molecule has 2 nitrogen and oxygen atoms in total. The Kier molecular flexibility index (Phi) is 3.28. The second-order valence-electron chi connectivity index (χ2n) is 3.58. The molecular weight excluding hydrogens is 355 g/mol. The number of halogens is 3. The minimum absolute atomic E-state index is 0.445. The number of nitrogens with zero attached hydrogens (tertiary/aromatic N) is 2. The van der Waals surface area contributed by atoms with Crippen LogP contribution in [-0.2, 0) is 0 Å². The third-order valence-electron chi connectivity index (χ3n) is 2.42. The van der Waals surface area contributed by atoms with E-state index in [1.807, 2.05) is 30.3 Å². The fraction of sp³-hybridized carbons (Fsp3) is 0. The van der Waals surface area contributed by atoms with Crippen molar-refractivity contribution in [3.63, 3.8) is 0 Å². The zero-order chi connectivity index (χ0) is 12.7. The first-order valence-corrected chi connectivity index (χ1v) is 7.39. The lowest BCUT2D eigenvalue weighted by molar-refractivity contribution is 1.24. The summed E-state index contributed by atoms with van der Waals surface area (Å²) >= 11 is 17.0. The van der Waals surface area contributed by atoms with Crippen molar-refractivity contribution in [1.82, 2.24) is 9.97 Å². The lowest BCUT2D eigenvalue weighted by Gasteiger charge is -2.04. The lowest BCUT2D eigenvalue weighted by Crippen LogP contribution is -1.90. The highest BCUT2D eigenvalue weighted by Crippen LogP contribution is 2.33. The van der Waals surface area contributed by atoms with Gasteiger partial charge in [0.25, 0.3) is 0 Å². The first kappa shape index (κ1) is 12.4. The smallest absolute Gasteiger partial charge is 0.171 e. The second kappa shape index (κ2) is 4.78. The molecule has 90 valence electrons. The Labute approximate surface area is 126 Å². The van der Waals surface area contributed by atoms with E-state index in [0.717, 1.165) is 20.3 Å². The lowest BCUT2D eigenvalue weighted by atomic mass is 10.2. The van der Waals surface area contributed by atoms with Gasteiger partial charge in [-0.05, 0) is 40.2 Å². The molecule has 2 aromatic heterocycles. The van der Waals surface area contributed by atoms with E-state index in [2.05, 4.69) is 25.9 Å². The molecule has 6 heteroatoms. The molecule has 3 aromatic rings. The van der Waals surface area contributed by atoms with E-state index in [0.29, 0.717) is 15.3 Å². The Morgan fingerprint density at radius 2 is 1.89 bits per heavy atom. The van der Waals surface area contributed by atoms with E-state index in [9.17, 15) is 0 Å². The van der Waals surface area contributed by atoms with Crippen LogP contribution in [0, 0.1) is 0 Å². The van der Waals surface area contributed by atoms with Gasteiger partial charge in [-0.25, -0.2) is 9.97 Å². The van der Waals surface area contributed by atoms with Crippen LogP contribution in [0.15, 0.2) is 34.8 Å². The van der Waals surface area contributed by atoms with Crippen molar-refractivity contribution in [2.24, 2.45) is 0 Å². The molecule has 2 heterocycles. The van der Waals surface area contributed by atoms with Crippen molar-refractivity contribution >= 4 is 61.4 Å². The molecule has 18 heavy (non-hydrogen) atoms. The summed E-state index contributed by atoms with van der Waals surface area (Å²) in [6.45, 7) is 0. The van der Waals surface area contributed by atoms with Gasteiger partial charge in [-0.2, -0.15) is 0 Å². The van der Waals surface area contributed by atoms with E-state index in [-0.39, 0.29) is 0 Å². The van der Waals surface area contributed by atoms with Crippen molar-refractivity contribution in [2.45, 2.75) is 0 Å². The average molecular weight is 360 g/mol. The van der Waals surface area contributed by atoms with Gasteiger partial charge in [0.2, 0.25) is 0 Å². The van der Waals surface area contributed by atoms with Crippen LogP contribution in [0.25, 0.3) is 21.6 Å². The first-order chi connectivity index (χ1) is 8.65. The summed E-state index contributed by atoms with van der Waals surface area (Å²) in [6, 6.07) is 9.44. The van der Waals surface area contributed by atoms with E-state index < -0.39 is 0 Å². The summed E-state index contributed by atoms with van der Waals surface area (Å²) in [5, 5.41) is 1.28. The van der Waals surface area contributed by atoms with Crippen molar-refractivity contribution in [3.05, 3.63) is 44.3 Å². The third-order valence-corrected chi connectivity index (χ3v) is 4.58. The van der Waals surface area contributed by atoms with Crippen molar-refractivity contribution in [3.8, 4) is 10.7 Å². The van der Waals surface area contributed by atoms with Crippen LogP contribution in [0.4, 0.5) is 0 Å². The fourth-order valence-electron chi connectivity index (χ4n) is 1.62. The number of rotatable bonds is 1. The number of benzene rings is 1. The van der Waals surface area contributed by atoms with E-state index >= 15 is 0 Å². The summed E-state index contributed by atoms with van der Waals surface area (Å²) in [5.74, 6) is 0.594. The number of aromatic nitrogens is 2. The highest BCUT2D eigenvalue weighted by Gasteiger charge is 2.11. The van der Waals surface area contributed by atoms with Crippen LogP contribution in [-0.4, -0.2) is 9.97 Å². The Morgan fingerprint density at radius 3 is 2.61 bits per heavy atom. The topological polar surface area (TPSA) is 25.8 Å². The SMILES string of the molecule is Clc1ccc(-c2nc(Cl)c3cccc(Br)c3n2)s1. The largest absolute Gasteiger partial charge is 0.226 e. The molecular formula is C12H5BrCl2N2S. The molecule has 0 fully saturated rings. The average Bonchev–Trinajstić information content (AvgIpc) is 2.77. The summed E-state index contributed by atoms with van der Waals surface area (Å²) in [6.07, 6.45) is 0. The van der Waals surface area contributed by atoms with Gasteiger partial charge in [0, 0.05) is 9.86 Å². The molecule has 0 saturated heterocycles. The molecule has 0 aliphatic rings. The number of fused-ring (bicyclic) bond motifs is 1. The van der Waals surface area contributed by atoms with E-state index in [1.165, 1.54) is 11.3 Å². The summed E-state index contributed by atoms with van der Waals surface area (Å²) in [7, 11) is 0. The van der Waals surface area contributed by atoms with Gasteiger partial charge < -0.3 is 0 Å². The standard InChI is InChI=1S/C12H5BrCl2N2S/c13-7-3-1-2-6-10(7)16-12(17-11(6)15)8-4-5-9(14)18-8/h1-5H. The molecule has 0 N–H and O–H groups in total. The number of hydrogen-bond acceptors (Lipinski definition) is 3. The number of hydrogen-bond donors (Lipinski definition) is 0. The summed E-state index contributed by atoms with van der Waals surface area (Å²) in [4.78, 5) is 9.74. The van der Waals surface area contributed by atoms with Crippen LogP contribution in [0.3, 0.4) is 0 Å². The monoisotopic (exact) mass is 358 g/mol. The minimum atomic E-state index is 0.445. The highest BCUT2D eigenvalue weighted by molar-refractivity contribution is 9.10.